The quantitative estimate of drug-likeness (QED) is 0.790. The third kappa shape index (κ3) is 1.98. The van der Waals surface area contributed by atoms with Crippen LogP contribution in [-0.4, -0.2) is 23.1 Å². The Morgan fingerprint density at radius 3 is 2.53 bits per heavy atom. The van der Waals surface area contributed by atoms with Crippen LogP contribution in [0.5, 0.6) is 0 Å². The van der Waals surface area contributed by atoms with Crippen LogP contribution in [0.1, 0.15) is 11.6 Å². The van der Waals surface area contributed by atoms with Gasteiger partial charge in [0.05, 0.1) is 5.69 Å². The van der Waals surface area contributed by atoms with E-state index in [0.717, 1.165) is 24.5 Å². The smallest absolute Gasteiger partial charge is 0.123 e. The summed E-state index contributed by atoms with van der Waals surface area (Å²) in [6, 6.07) is 8.56. The van der Waals surface area contributed by atoms with Gasteiger partial charge in [0, 0.05) is 30.9 Å². The first-order chi connectivity index (χ1) is 8.33. The van der Waals surface area contributed by atoms with Crippen molar-refractivity contribution in [2.24, 2.45) is 0 Å². The lowest BCUT2D eigenvalue weighted by Crippen LogP contribution is -2.45. The van der Waals surface area contributed by atoms with Crippen LogP contribution in [0.15, 0.2) is 42.9 Å². The van der Waals surface area contributed by atoms with E-state index in [1.165, 1.54) is 12.1 Å². The van der Waals surface area contributed by atoms with Crippen molar-refractivity contribution in [3.8, 4) is 0 Å². The van der Waals surface area contributed by atoms with E-state index in [2.05, 4.69) is 14.9 Å². The van der Waals surface area contributed by atoms with Crippen LogP contribution in [0.25, 0.3) is 0 Å². The zero-order valence-electron chi connectivity index (χ0n) is 9.25. The first-order valence-electron chi connectivity index (χ1n) is 5.59. The van der Waals surface area contributed by atoms with Crippen LogP contribution in [0.4, 0.5) is 10.1 Å². The number of hydrogen-bond acceptors (Lipinski definition) is 3. The highest BCUT2D eigenvalue weighted by Crippen LogP contribution is 2.30. The number of benzene rings is 1. The molecule has 0 saturated carbocycles. The molecule has 0 radical (unpaired) electrons. The normalized spacial score (nSPS) is 15.7. The van der Waals surface area contributed by atoms with E-state index in [1.54, 1.807) is 12.5 Å². The highest BCUT2D eigenvalue weighted by atomic mass is 19.1. The largest absolute Gasteiger partial charge is 0.370 e. The molecule has 17 heavy (non-hydrogen) atoms. The van der Waals surface area contributed by atoms with E-state index in [9.17, 15) is 4.39 Å². The molecule has 0 unspecified atom stereocenters. The van der Waals surface area contributed by atoms with Crippen LogP contribution in [-0.2, 0) is 0 Å². The Morgan fingerprint density at radius 2 is 1.88 bits per heavy atom. The Labute approximate surface area is 98.9 Å². The Hall–Kier alpha value is -1.97. The number of aromatic nitrogens is 2. The average Bonchev–Trinajstić information content (AvgIpc) is 2.31. The number of rotatable bonds is 2. The van der Waals surface area contributed by atoms with Crippen molar-refractivity contribution < 1.29 is 4.39 Å². The fourth-order valence-corrected chi connectivity index (χ4v) is 2.07. The molecule has 1 fully saturated rings. The molecule has 1 aliphatic rings. The fourth-order valence-electron chi connectivity index (χ4n) is 2.07. The maximum atomic E-state index is 12.8. The van der Waals surface area contributed by atoms with Crippen molar-refractivity contribution in [3.05, 3.63) is 54.4 Å². The molecule has 0 N–H and O–H groups in total. The SMILES string of the molecule is Fc1ccc(N2CC(c3ccncn3)C2)cc1. The second-order valence-corrected chi connectivity index (χ2v) is 4.21. The Morgan fingerprint density at radius 1 is 1.12 bits per heavy atom. The van der Waals surface area contributed by atoms with E-state index in [0.29, 0.717) is 5.92 Å². The molecule has 1 aromatic heterocycles. The number of hydrogen-bond donors (Lipinski definition) is 0. The number of anilines is 1. The summed E-state index contributed by atoms with van der Waals surface area (Å²) in [4.78, 5) is 10.4. The molecule has 86 valence electrons. The first-order valence-corrected chi connectivity index (χ1v) is 5.59. The average molecular weight is 229 g/mol. The van der Waals surface area contributed by atoms with E-state index >= 15 is 0 Å². The van der Waals surface area contributed by atoms with Crippen molar-refractivity contribution in [2.45, 2.75) is 5.92 Å². The molecular weight excluding hydrogens is 217 g/mol. The Bertz CT molecular complexity index is 492. The predicted molar refractivity (Wildman–Crippen MR) is 63.4 cm³/mol. The minimum Gasteiger partial charge on any atom is -0.370 e. The van der Waals surface area contributed by atoms with Gasteiger partial charge >= 0.3 is 0 Å². The van der Waals surface area contributed by atoms with Gasteiger partial charge in [0.1, 0.15) is 12.1 Å². The molecule has 1 saturated heterocycles. The zero-order chi connectivity index (χ0) is 11.7. The molecule has 1 aromatic carbocycles. The van der Waals surface area contributed by atoms with Crippen molar-refractivity contribution in [3.63, 3.8) is 0 Å². The minimum atomic E-state index is -0.193. The van der Waals surface area contributed by atoms with Gasteiger partial charge in [-0.15, -0.1) is 0 Å². The highest BCUT2D eigenvalue weighted by Gasteiger charge is 2.28. The predicted octanol–water partition coefficient (Wildman–Crippen LogP) is 2.22. The van der Waals surface area contributed by atoms with Gasteiger partial charge < -0.3 is 4.90 Å². The minimum absolute atomic E-state index is 0.193. The van der Waals surface area contributed by atoms with E-state index < -0.39 is 0 Å². The molecule has 0 aliphatic carbocycles. The van der Waals surface area contributed by atoms with Gasteiger partial charge in [0.2, 0.25) is 0 Å². The second kappa shape index (κ2) is 4.13. The summed E-state index contributed by atoms with van der Waals surface area (Å²) >= 11 is 0. The monoisotopic (exact) mass is 229 g/mol. The van der Waals surface area contributed by atoms with Crippen LogP contribution < -0.4 is 4.90 Å². The summed E-state index contributed by atoms with van der Waals surface area (Å²) in [6.07, 6.45) is 3.35. The van der Waals surface area contributed by atoms with Gasteiger partial charge in [-0.05, 0) is 30.3 Å². The Kier molecular flexibility index (Phi) is 2.48. The summed E-state index contributed by atoms with van der Waals surface area (Å²) in [5, 5.41) is 0. The third-order valence-corrected chi connectivity index (χ3v) is 3.10. The first kappa shape index (κ1) is 10.2. The molecule has 2 aromatic rings. The van der Waals surface area contributed by atoms with Crippen molar-refractivity contribution in [2.75, 3.05) is 18.0 Å². The number of nitrogens with zero attached hydrogens (tertiary/aromatic N) is 3. The lowest BCUT2D eigenvalue weighted by molar-refractivity contribution is 0.512. The molecule has 0 spiro atoms. The van der Waals surface area contributed by atoms with Crippen LogP contribution >= 0.6 is 0 Å². The van der Waals surface area contributed by atoms with Gasteiger partial charge in [0.25, 0.3) is 0 Å². The van der Waals surface area contributed by atoms with Crippen LogP contribution in [0.3, 0.4) is 0 Å². The van der Waals surface area contributed by atoms with Crippen LogP contribution in [0.2, 0.25) is 0 Å². The van der Waals surface area contributed by atoms with E-state index in [1.807, 2.05) is 18.2 Å². The standard InChI is InChI=1S/C13H12FN3/c14-11-1-3-12(4-2-11)17-7-10(8-17)13-5-6-15-9-16-13/h1-6,9-10H,7-8H2. The van der Waals surface area contributed by atoms with Crippen molar-refractivity contribution in [1.29, 1.82) is 0 Å². The molecule has 1 aliphatic heterocycles. The second-order valence-electron chi connectivity index (χ2n) is 4.21. The molecule has 3 rings (SSSR count). The maximum absolute atomic E-state index is 12.8. The topological polar surface area (TPSA) is 29.0 Å². The lowest BCUT2D eigenvalue weighted by atomic mass is 9.95. The summed E-state index contributed by atoms with van der Waals surface area (Å²) in [5.41, 5.74) is 2.15. The highest BCUT2D eigenvalue weighted by molar-refractivity contribution is 5.50. The summed E-state index contributed by atoms with van der Waals surface area (Å²) < 4.78 is 12.8. The fraction of sp³-hybridized carbons (Fsp3) is 0.231. The van der Waals surface area contributed by atoms with E-state index in [4.69, 9.17) is 0 Å². The maximum Gasteiger partial charge on any atom is 0.123 e. The summed E-state index contributed by atoms with van der Waals surface area (Å²) in [5.74, 6) is 0.268. The van der Waals surface area contributed by atoms with Gasteiger partial charge in [-0.2, -0.15) is 0 Å². The molecular formula is C13H12FN3. The molecule has 0 bridgehead atoms. The summed E-state index contributed by atoms with van der Waals surface area (Å²) in [7, 11) is 0. The van der Waals surface area contributed by atoms with Crippen molar-refractivity contribution >= 4 is 5.69 Å². The van der Waals surface area contributed by atoms with Crippen molar-refractivity contribution in [1.82, 2.24) is 9.97 Å². The van der Waals surface area contributed by atoms with E-state index in [-0.39, 0.29) is 5.82 Å². The summed E-state index contributed by atoms with van der Waals surface area (Å²) in [6.45, 7) is 1.87. The molecule has 2 heterocycles. The van der Waals surface area contributed by atoms with Crippen LogP contribution in [0, 0.1) is 5.82 Å². The van der Waals surface area contributed by atoms with Gasteiger partial charge in [-0.25, -0.2) is 14.4 Å². The molecule has 0 atom stereocenters. The zero-order valence-corrected chi connectivity index (χ0v) is 9.25. The third-order valence-electron chi connectivity index (χ3n) is 3.10. The van der Waals surface area contributed by atoms with Gasteiger partial charge in [-0.3, -0.25) is 0 Å². The lowest BCUT2D eigenvalue weighted by Gasteiger charge is -2.40. The van der Waals surface area contributed by atoms with Gasteiger partial charge in [0.15, 0.2) is 0 Å². The number of halogens is 1. The van der Waals surface area contributed by atoms with Gasteiger partial charge in [-0.1, -0.05) is 0 Å². The molecule has 0 amide bonds. The molecule has 4 heteroatoms. The Balaban J connectivity index is 1.67. The molecule has 3 nitrogen and oxygen atoms in total.